The fraction of sp³-hybridized carbons (Fsp3) is 0.389. The molecular formula is C18H18N2O4S2. The lowest BCUT2D eigenvalue weighted by atomic mass is 9.94. The Morgan fingerprint density at radius 3 is 2.77 bits per heavy atom. The van der Waals surface area contributed by atoms with Gasteiger partial charge in [0.05, 0.1) is 9.00 Å². The zero-order chi connectivity index (χ0) is 18.3. The molecule has 1 aromatic carbocycles. The van der Waals surface area contributed by atoms with E-state index in [0.717, 1.165) is 47.7 Å². The number of amides is 1. The molecule has 1 aliphatic heterocycles. The maximum absolute atomic E-state index is 12.8. The first-order chi connectivity index (χ1) is 12.5. The number of rotatable bonds is 3. The van der Waals surface area contributed by atoms with Gasteiger partial charge in [-0.1, -0.05) is 12.1 Å². The summed E-state index contributed by atoms with van der Waals surface area (Å²) >= 11 is 3.88. The Kier molecular flexibility index (Phi) is 4.48. The summed E-state index contributed by atoms with van der Waals surface area (Å²) in [6.45, 7) is 1.92. The highest BCUT2D eigenvalue weighted by Gasteiger charge is 2.45. The van der Waals surface area contributed by atoms with Gasteiger partial charge < -0.3 is 9.73 Å². The number of hydrogen-bond acceptors (Lipinski definition) is 6. The first-order valence-electron chi connectivity index (χ1n) is 8.47. The minimum Gasteiger partial charge on any atom is -0.455 e. The smallest absolute Gasteiger partial charge is 0.292 e. The second-order valence-corrected chi connectivity index (χ2v) is 9.43. The van der Waals surface area contributed by atoms with Gasteiger partial charge in [-0.2, -0.15) is 0 Å². The lowest BCUT2D eigenvalue weighted by Crippen LogP contribution is -2.21. The third-order valence-electron chi connectivity index (χ3n) is 4.82. The molecular weight excluding hydrogens is 372 g/mol. The molecule has 8 heteroatoms. The number of aryl methyl sites for hydroxylation is 1. The van der Waals surface area contributed by atoms with Crippen LogP contribution in [-0.2, 0) is 10.5 Å². The summed E-state index contributed by atoms with van der Waals surface area (Å²) in [5.74, 6) is 2.93. The molecule has 2 heterocycles. The van der Waals surface area contributed by atoms with Gasteiger partial charge in [0, 0.05) is 35.1 Å². The second kappa shape index (κ2) is 6.66. The van der Waals surface area contributed by atoms with E-state index in [4.69, 9.17) is 4.42 Å². The van der Waals surface area contributed by atoms with E-state index in [1.807, 2.05) is 30.4 Å². The number of benzene rings is 1. The third-order valence-corrected chi connectivity index (χ3v) is 8.35. The number of nitrogens with zero attached hydrogens (tertiary/aromatic N) is 1. The average Bonchev–Trinajstić information content (AvgIpc) is 3.21. The van der Waals surface area contributed by atoms with Crippen molar-refractivity contribution in [2.45, 2.75) is 30.3 Å². The van der Waals surface area contributed by atoms with Crippen molar-refractivity contribution in [2.75, 3.05) is 16.8 Å². The van der Waals surface area contributed by atoms with Crippen molar-refractivity contribution in [1.82, 2.24) is 0 Å². The summed E-state index contributed by atoms with van der Waals surface area (Å²) in [7, 11) is 0. The number of fused-ring (bicyclic) bond motifs is 2. The monoisotopic (exact) mass is 390 g/mol. The Labute approximate surface area is 159 Å². The van der Waals surface area contributed by atoms with E-state index in [2.05, 4.69) is 5.32 Å². The largest absolute Gasteiger partial charge is 0.455 e. The van der Waals surface area contributed by atoms with Gasteiger partial charge in [0.2, 0.25) is 0 Å². The number of thioether (sulfide) groups is 2. The molecule has 2 aromatic rings. The molecule has 0 unspecified atom stereocenters. The molecule has 0 bridgehead atoms. The Morgan fingerprint density at radius 1 is 1.31 bits per heavy atom. The van der Waals surface area contributed by atoms with Crippen molar-refractivity contribution in [1.29, 1.82) is 0 Å². The molecule has 0 radical (unpaired) electrons. The molecule has 26 heavy (non-hydrogen) atoms. The van der Waals surface area contributed by atoms with Crippen molar-refractivity contribution >= 4 is 40.8 Å². The molecule has 4 rings (SSSR count). The van der Waals surface area contributed by atoms with Crippen LogP contribution in [0.4, 0.5) is 11.4 Å². The van der Waals surface area contributed by atoms with Gasteiger partial charge in [-0.3, -0.25) is 14.9 Å². The first kappa shape index (κ1) is 17.5. The lowest BCUT2D eigenvalue weighted by Gasteiger charge is -2.31. The summed E-state index contributed by atoms with van der Waals surface area (Å²) in [5, 5.41) is 13.8. The molecule has 1 fully saturated rings. The van der Waals surface area contributed by atoms with Crippen molar-refractivity contribution in [2.24, 2.45) is 0 Å². The van der Waals surface area contributed by atoms with Gasteiger partial charge in [-0.15, -0.1) is 23.5 Å². The SMILES string of the molecule is Cc1c(C(=O)Nc2ccccc2[N+](=O)[O-])oc2c1C1(CCC2)SCCS1. The number of nitrogens with one attached hydrogen (secondary N) is 1. The molecule has 1 aliphatic carbocycles. The summed E-state index contributed by atoms with van der Waals surface area (Å²) in [4.78, 5) is 23.4. The molecule has 0 saturated carbocycles. The molecule has 136 valence electrons. The Hall–Kier alpha value is -1.93. The van der Waals surface area contributed by atoms with Gasteiger partial charge in [0.1, 0.15) is 11.4 Å². The molecule has 1 spiro atoms. The number of anilines is 1. The van der Waals surface area contributed by atoms with Crippen LogP contribution in [0.15, 0.2) is 28.7 Å². The van der Waals surface area contributed by atoms with Crippen LogP contribution in [0.1, 0.15) is 40.3 Å². The van der Waals surface area contributed by atoms with E-state index in [9.17, 15) is 14.9 Å². The van der Waals surface area contributed by atoms with E-state index in [0.29, 0.717) is 0 Å². The number of para-hydroxylation sites is 2. The van der Waals surface area contributed by atoms with Crippen LogP contribution < -0.4 is 5.32 Å². The van der Waals surface area contributed by atoms with E-state index in [1.165, 1.54) is 12.1 Å². The molecule has 6 nitrogen and oxygen atoms in total. The fourth-order valence-electron chi connectivity index (χ4n) is 3.73. The highest BCUT2D eigenvalue weighted by molar-refractivity contribution is 8.20. The maximum atomic E-state index is 12.8. The van der Waals surface area contributed by atoms with Crippen LogP contribution in [0.2, 0.25) is 0 Å². The normalized spacial score (nSPS) is 17.9. The van der Waals surface area contributed by atoms with Crippen LogP contribution in [-0.4, -0.2) is 22.3 Å². The van der Waals surface area contributed by atoms with Gasteiger partial charge in [0.25, 0.3) is 11.6 Å². The molecule has 1 saturated heterocycles. The fourth-order valence-corrected chi connectivity index (χ4v) is 7.29. The van der Waals surface area contributed by atoms with Crippen molar-refractivity contribution in [3.8, 4) is 0 Å². The molecule has 1 amide bonds. The van der Waals surface area contributed by atoms with E-state index >= 15 is 0 Å². The van der Waals surface area contributed by atoms with Gasteiger partial charge in [-0.25, -0.2) is 0 Å². The number of furan rings is 1. The van der Waals surface area contributed by atoms with E-state index in [-0.39, 0.29) is 21.2 Å². The number of nitro groups is 1. The van der Waals surface area contributed by atoms with E-state index < -0.39 is 10.8 Å². The second-order valence-electron chi connectivity index (χ2n) is 6.39. The minimum atomic E-state index is -0.504. The Balaban J connectivity index is 1.69. The van der Waals surface area contributed by atoms with Gasteiger partial charge in [-0.05, 0) is 25.8 Å². The summed E-state index contributed by atoms with van der Waals surface area (Å²) < 4.78 is 5.95. The predicted octanol–water partition coefficient (Wildman–Crippen LogP) is 4.72. The van der Waals surface area contributed by atoms with Crippen LogP contribution >= 0.6 is 23.5 Å². The van der Waals surface area contributed by atoms with Gasteiger partial charge >= 0.3 is 0 Å². The first-order valence-corrected chi connectivity index (χ1v) is 10.4. The molecule has 1 N–H and O–H groups in total. The van der Waals surface area contributed by atoms with Crippen molar-refractivity contribution < 1.29 is 14.1 Å². The number of hydrogen-bond donors (Lipinski definition) is 1. The highest BCUT2D eigenvalue weighted by atomic mass is 32.2. The molecule has 2 aliphatic rings. The third kappa shape index (κ3) is 2.81. The van der Waals surface area contributed by atoms with Crippen molar-refractivity contribution in [3.05, 3.63) is 57.0 Å². The molecule has 1 aromatic heterocycles. The number of carbonyl (C=O) groups is 1. The minimum absolute atomic E-state index is 0.00155. The predicted molar refractivity (Wildman–Crippen MR) is 104 cm³/mol. The van der Waals surface area contributed by atoms with E-state index in [1.54, 1.807) is 12.1 Å². The van der Waals surface area contributed by atoms with Crippen LogP contribution in [0.3, 0.4) is 0 Å². The Bertz CT molecular complexity index is 887. The van der Waals surface area contributed by atoms with Crippen LogP contribution in [0.5, 0.6) is 0 Å². The maximum Gasteiger partial charge on any atom is 0.292 e. The lowest BCUT2D eigenvalue weighted by molar-refractivity contribution is -0.383. The summed E-state index contributed by atoms with van der Waals surface area (Å²) in [6, 6.07) is 6.13. The van der Waals surface area contributed by atoms with Crippen molar-refractivity contribution in [3.63, 3.8) is 0 Å². The Morgan fingerprint density at radius 2 is 2.04 bits per heavy atom. The topological polar surface area (TPSA) is 85.4 Å². The van der Waals surface area contributed by atoms with Gasteiger partial charge in [0.15, 0.2) is 5.76 Å². The highest BCUT2D eigenvalue weighted by Crippen LogP contribution is 2.59. The number of nitro benzene ring substituents is 1. The zero-order valence-electron chi connectivity index (χ0n) is 14.2. The molecule has 0 atom stereocenters. The summed E-state index contributed by atoms with van der Waals surface area (Å²) in [5.41, 5.74) is 2.06. The van der Waals surface area contributed by atoms with Crippen LogP contribution in [0, 0.1) is 17.0 Å². The quantitative estimate of drug-likeness (QED) is 0.603. The van der Waals surface area contributed by atoms with Crippen LogP contribution in [0.25, 0.3) is 0 Å². The summed E-state index contributed by atoms with van der Waals surface area (Å²) in [6.07, 6.45) is 2.96. The standard InChI is InChI=1S/C18H18N2O4S2/c1-11-15-14(7-4-8-18(15)25-9-10-26-18)24-16(11)17(21)19-12-5-2-3-6-13(12)20(22)23/h2-3,5-6H,4,7-10H2,1H3,(H,19,21). The zero-order valence-corrected chi connectivity index (χ0v) is 15.9. The number of carbonyl (C=O) groups excluding carboxylic acids is 1. The average molecular weight is 390 g/mol.